The van der Waals surface area contributed by atoms with Gasteiger partial charge in [-0.2, -0.15) is 5.26 Å². The number of urea groups is 1. The van der Waals surface area contributed by atoms with Crippen molar-refractivity contribution in [1.82, 2.24) is 9.80 Å². The minimum atomic E-state index is -0.789. The lowest BCUT2D eigenvalue weighted by Gasteiger charge is -2.52. The summed E-state index contributed by atoms with van der Waals surface area (Å²) in [6, 6.07) is 20.2. The molecule has 178 valence electrons. The van der Waals surface area contributed by atoms with Crippen LogP contribution in [0.25, 0.3) is 0 Å². The molecule has 2 aromatic carbocycles. The van der Waals surface area contributed by atoms with Crippen molar-refractivity contribution >= 4 is 11.7 Å². The fourth-order valence-electron chi connectivity index (χ4n) is 6.36. The number of aliphatic hydroxyl groups is 1. The average molecular weight is 459 g/mol. The number of amides is 2. The molecule has 2 aliphatic carbocycles. The molecule has 2 saturated carbocycles. The fourth-order valence-corrected chi connectivity index (χ4v) is 6.36. The summed E-state index contributed by atoms with van der Waals surface area (Å²) in [5.74, 6) is 0. The predicted octanol–water partition coefficient (Wildman–Crippen LogP) is 4.49. The van der Waals surface area contributed by atoms with Crippen molar-refractivity contribution in [2.24, 2.45) is 0 Å². The van der Waals surface area contributed by atoms with E-state index in [9.17, 15) is 15.2 Å². The molecule has 0 aromatic heterocycles. The van der Waals surface area contributed by atoms with E-state index in [0.717, 1.165) is 44.9 Å². The lowest BCUT2D eigenvalue weighted by atomic mass is 9.67. The zero-order valence-corrected chi connectivity index (χ0v) is 20.2. The maximum atomic E-state index is 13.9. The van der Waals surface area contributed by atoms with Crippen LogP contribution < -0.4 is 4.90 Å². The van der Waals surface area contributed by atoms with Gasteiger partial charge in [0.25, 0.3) is 0 Å². The van der Waals surface area contributed by atoms with Crippen molar-refractivity contribution in [1.29, 1.82) is 5.26 Å². The Labute approximate surface area is 202 Å². The third-order valence-corrected chi connectivity index (χ3v) is 8.71. The number of carbonyl (C=O) groups is 1. The lowest BCUT2D eigenvalue weighted by molar-refractivity contribution is -0.0725. The number of nitriles is 1. The quantitative estimate of drug-likeness (QED) is 0.717. The van der Waals surface area contributed by atoms with E-state index >= 15 is 0 Å². The van der Waals surface area contributed by atoms with Gasteiger partial charge in [0.05, 0.1) is 35.5 Å². The monoisotopic (exact) mass is 458 g/mol. The van der Waals surface area contributed by atoms with Gasteiger partial charge in [0.1, 0.15) is 6.07 Å². The van der Waals surface area contributed by atoms with Gasteiger partial charge in [0.15, 0.2) is 0 Å². The van der Waals surface area contributed by atoms with Gasteiger partial charge in [-0.15, -0.1) is 0 Å². The molecule has 2 amide bonds. The molecule has 0 unspecified atom stereocenters. The Bertz CT molecular complexity index is 1090. The number of para-hydroxylation sites is 1. The predicted molar refractivity (Wildman–Crippen MR) is 132 cm³/mol. The van der Waals surface area contributed by atoms with Crippen LogP contribution in [0, 0.1) is 11.3 Å². The van der Waals surface area contributed by atoms with Gasteiger partial charge >= 0.3 is 6.03 Å². The maximum Gasteiger partial charge on any atom is 0.325 e. The van der Waals surface area contributed by atoms with Crippen LogP contribution in [0.1, 0.15) is 56.1 Å². The summed E-state index contributed by atoms with van der Waals surface area (Å²) in [6.07, 6.45) is 6.06. The van der Waals surface area contributed by atoms with Crippen molar-refractivity contribution in [2.45, 2.75) is 61.6 Å². The number of hydrogen-bond donors (Lipinski definition) is 1. The molecule has 0 radical (unpaired) electrons. The summed E-state index contributed by atoms with van der Waals surface area (Å²) in [7, 11) is 4.30. The Kier molecular flexibility index (Phi) is 5.66. The topological polar surface area (TPSA) is 70.8 Å². The van der Waals surface area contributed by atoms with E-state index in [-0.39, 0.29) is 17.1 Å². The van der Waals surface area contributed by atoms with E-state index in [1.807, 2.05) is 23.1 Å². The maximum absolute atomic E-state index is 13.9. The number of β-amino-alcohol motifs (C(OH)–C–C–N with tert-alkyl or cyclic N) is 1. The molecule has 1 saturated heterocycles. The highest BCUT2D eigenvalue weighted by Gasteiger charge is 2.56. The largest absolute Gasteiger partial charge is 0.388 e. The zero-order valence-electron chi connectivity index (χ0n) is 20.2. The average Bonchev–Trinajstić information content (AvgIpc) is 3.10. The molecule has 3 aliphatic rings. The molecule has 1 spiro atoms. The molecule has 6 heteroatoms. The second-order valence-electron chi connectivity index (χ2n) is 10.7. The fraction of sp³-hybridized carbons (Fsp3) is 0.500. The first kappa shape index (κ1) is 22.9. The van der Waals surface area contributed by atoms with Gasteiger partial charge in [0, 0.05) is 5.54 Å². The summed E-state index contributed by atoms with van der Waals surface area (Å²) in [5, 5.41) is 20.7. The van der Waals surface area contributed by atoms with Gasteiger partial charge in [-0.1, -0.05) is 42.5 Å². The van der Waals surface area contributed by atoms with E-state index in [4.69, 9.17) is 0 Å². The Hall–Kier alpha value is -2.88. The molecule has 3 fully saturated rings. The van der Waals surface area contributed by atoms with Crippen molar-refractivity contribution in [3.05, 3.63) is 65.7 Å². The van der Waals surface area contributed by atoms with Gasteiger partial charge in [-0.3, -0.25) is 9.80 Å². The Balaban J connectivity index is 1.49. The molecule has 0 bridgehead atoms. The summed E-state index contributed by atoms with van der Waals surface area (Å²) in [4.78, 5) is 19.9. The van der Waals surface area contributed by atoms with Gasteiger partial charge in [-0.25, -0.2) is 4.79 Å². The van der Waals surface area contributed by atoms with Crippen LogP contribution in [0.4, 0.5) is 10.5 Å². The minimum Gasteiger partial charge on any atom is -0.388 e. The molecule has 1 heterocycles. The van der Waals surface area contributed by atoms with E-state index in [0.29, 0.717) is 24.3 Å². The second kappa shape index (κ2) is 8.41. The van der Waals surface area contributed by atoms with Crippen LogP contribution in [0.2, 0.25) is 0 Å². The third kappa shape index (κ3) is 3.59. The molecule has 1 N–H and O–H groups in total. The Morgan fingerprint density at radius 3 is 2.21 bits per heavy atom. The van der Waals surface area contributed by atoms with Gasteiger partial charge in [-0.05, 0) is 76.7 Å². The summed E-state index contributed by atoms with van der Waals surface area (Å²) in [6.45, 7) is 0.927. The lowest BCUT2D eigenvalue weighted by Crippen LogP contribution is -2.59. The highest BCUT2D eigenvalue weighted by Crippen LogP contribution is 2.50. The van der Waals surface area contributed by atoms with Crippen molar-refractivity contribution in [3.63, 3.8) is 0 Å². The summed E-state index contributed by atoms with van der Waals surface area (Å²) < 4.78 is 0. The van der Waals surface area contributed by atoms with Crippen LogP contribution in [-0.2, 0) is 5.54 Å². The molecular weight excluding hydrogens is 424 g/mol. The highest BCUT2D eigenvalue weighted by molar-refractivity contribution is 5.96. The van der Waals surface area contributed by atoms with Gasteiger partial charge in [0.2, 0.25) is 0 Å². The number of anilines is 1. The first-order chi connectivity index (χ1) is 16.3. The number of nitrogens with zero attached hydrogens (tertiary/aromatic N) is 4. The molecule has 1 aliphatic heterocycles. The number of carbonyl (C=O) groups excluding carboxylic acids is 1. The van der Waals surface area contributed by atoms with Crippen LogP contribution in [-0.4, -0.2) is 59.3 Å². The van der Waals surface area contributed by atoms with E-state index in [2.05, 4.69) is 55.4 Å². The van der Waals surface area contributed by atoms with Crippen LogP contribution in [0.5, 0.6) is 0 Å². The Morgan fingerprint density at radius 1 is 0.971 bits per heavy atom. The molecule has 0 atom stereocenters. The normalized spacial score (nSPS) is 28.3. The van der Waals surface area contributed by atoms with Crippen LogP contribution in [0.15, 0.2) is 54.6 Å². The number of rotatable bonds is 5. The highest BCUT2D eigenvalue weighted by atomic mass is 16.3. The summed E-state index contributed by atoms with van der Waals surface area (Å²) >= 11 is 0. The molecule has 6 nitrogen and oxygen atoms in total. The van der Waals surface area contributed by atoms with E-state index in [1.54, 1.807) is 11.0 Å². The summed E-state index contributed by atoms with van der Waals surface area (Å²) in [5.41, 5.74) is 1.28. The number of hydrogen-bond acceptors (Lipinski definition) is 4. The SMILES string of the molecule is CN(C)[C@]1(c2ccccc2)CC[C@]2(CC1)CN(c1ccccc1C#N)C(=O)N2CC1(O)CCC1. The van der Waals surface area contributed by atoms with Crippen LogP contribution >= 0.6 is 0 Å². The Morgan fingerprint density at radius 2 is 1.62 bits per heavy atom. The molecule has 34 heavy (non-hydrogen) atoms. The third-order valence-electron chi connectivity index (χ3n) is 8.71. The van der Waals surface area contributed by atoms with Crippen molar-refractivity contribution < 1.29 is 9.90 Å². The van der Waals surface area contributed by atoms with Crippen molar-refractivity contribution in [3.8, 4) is 6.07 Å². The van der Waals surface area contributed by atoms with Gasteiger partial charge < -0.3 is 10.0 Å². The molecule has 5 rings (SSSR count). The molecule has 2 aromatic rings. The first-order valence-corrected chi connectivity index (χ1v) is 12.4. The van der Waals surface area contributed by atoms with Crippen molar-refractivity contribution in [2.75, 3.05) is 32.1 Å². The standard InChI is InChI=1S/C28H34N4O2/c1-30(2)28(23-10-4-3-5-11-23)17-15-26(16-18-28)20-31(24-12-7-6-9-22(24)19-29)25(33)32(26)21-27(34)13-8-14-27/h3-7,9-12,34H,8,13-18,20-21H2,1-2H3/t26-,28+. The zero-order chi connectivity index (χ0) is 24.0. The first-order valence-electron chi connectivity index (χ1n) is 12.4. The number of benzene rings is 2. The smallest absolute Gasteiger partial charge is 0.325 e. The molecular formula is C28H34N4O2. The van der Waals surface area contributed by atoms with E-state index < -0.39 is 5.60 Å². The van der Waals surface area contributed by atoms with E-state index in [1.165, 1.54) is 5.56 Å². The second-order valence-corrected chi connectivity index (χ2v) is 10.7. The van der Waals surface area contributed by atoms with Crippen LogP contribution in [0.3, 0.4) is 0 Å². The minimum absolute atomic E-state index is 0.0768.